The minimum atomic E-state index is -0.224. The highest BCUT2D eigenvalue weighted by atomic mass is 16.5. The van der Waals surface area contributed by atoms with Crippen molar-refractivity contribution in [3.63, 3.8) is 0 Å². The third kappa shape index (κ3) is 5.17. The average molecular weight is 465 g/mol. The van der Waals surface area contributed by atoms with Crippen molar-refractivity contribution < 1.29 is 9.53 Å². The van der Waals surface area contributed by atoms with E-state index in [1.807, 2.05) is 18.0 Å². The fourth-order valence-electron chi connectivity index (χ4n) is 6.22. The molecule has 1 saturated carbocycles. The van der Waals surface area contributed by atoms with Gasteiger partial charge in [0.2, 0.25) is 5.91 Å². The maximum absolute atomic E-state index is 13.6. The summed E-state index contributed by atoms with van der Waals surface area (Å²) in [6.07, 6.45) is 15.6. The third-order valence-electron chi connectivity index (χ3n) is 8.38. The van der Waals surface area contributed by atoms with Gasteiger partial charge < -0.3 is 9.64 Å². The highest BCUT2D eigenvalue weighted by Crippen LogP contribution is 2.39. The molecule has 2 aliphatic heterocycles. The van der Waals surface area contributed by atoms with Crippen molar-refractivity contribution in [2.75, 3.05) is 33.3 Å². The molecule has 2 aromatic rings. The number of likely N-dealkylation sites (N-methyl/N-ethyl adjacent to an activating group) is 1. The van der Waals surface area contributed by atoms with Crippen molar-refractivity contribution in [1.29, 1.82) is 0 Å². The van der Waals surface area contributed by atoms with Crippen molar-refractivity contribution in [3.8, 4) is 5.75 Å². The lowest BCUT2D eigenvalue weighted by atomic mass is 9.73. The van der Waals surface area contributed by atoms with Crippen molar-refractivity contribution in [2.24, 2.45) is 5.41 Å². The van der Waals surface area contributed by atoms with Crippen LogP contribution in [-0.4, -0.2) is 58.8 Å². The smallest absolute Gasteiger partial charge is 0.228 e. The number of rotatable bonds is 3. The van der Waals surface area contributed by atoms with E-state index in [0.29, 0.717) is 25.1 Å². The normalized spacial score (nSPS) is 22.7. The second-order valence-electron chi connectivity index (χ2n) is 10.7. The Kier molecular flexibility index (Phi) is 7.23. The number of hydrogen-bond donors (Lipinski definition) is 0. The summed E-state index contributed by atoms with van der Waals surface area (Å²) in [7, 11) is 1.95. The quantitative estimate of drug-likeness (QED) is 0.652. The van der Waals surface area contributed by atoms with E-state index in [4.69, 9.17) is 4.74 Å². The van der Waals surface area contributed by atoms with E-state index in [9.17, 15) is 4.79 Å². The predicted molar refractivity (Wildman–Crippen MR) is 134 cm³/mol. The van der Waals surface area contributed by atoms with Crippen LogP contribution in [0.15, 0.2) is 36.7 Å². The first-order valence-electron chi connectivity index (χ1n) is 13.3. The molecule has 0 radical (unpaired) electrons. The molecule has 1 aromatic carbocycles. The SMILES string of the molecule is CN1CCOc2ccccc2CCCCC2(CCN(Cc3cnn(C4CCCC4)c3)CC2)C1=O. The van der Waals surface area contributed by atoms with Gasteiger partial charge in [-0.1, -0.05) is 37.5 Å². The molecule has 0 unspecified atom stereocenters. The van der Waals surface area contributed by atoms with E-state index in [-0.39, 0.29) is 5.41 Å². The summed E-state index contributed by atoms with van der Waals surface area (Å²) in [6, 6.07) is 8.95. The molecule has 34 heavy (non-hydrogen) atoms. The highest BCUT2D eigenvalue weighted by Gasteiger charge is 2.42. The number of para-hydroxylation sites is 1. The molecule has 3 aliphatic rings. The number of likely N-dealkylation sites (tertiary alicyclic amines) is 1. The van der Waals surface area contributed by atoms with Crippen LogP contribution in [0.2, 0.25) is 0 Å². The Bertz CT molecular complexity index is 957. The van der Waals surface area contributed by atoms with Gasteiger partial charge >= 0.3 is 0 Å². The van der Waals surface area contributed by atoms with Crippen LogP contribution in [-0.2, 0) is 17.8 Å². The number of piperidine rings is 1. The molecule has 6 nitrogen and oxygen atoms in total. The zero-order valence-electron chi connectivity index (χ0n) is 20.8. The van der Waals surface area contributed by atoms with Gasteiger partial charge in [-0.15, -0.1) is 0 Å². The van der Waals surface area contributed by atoms with Crippen LogP contribution in [0, 0.1) is 5.41 Å². The minimum Gasteiger partial charge on any atom is -0.491 e. The predicted octanol–water partition coefficient (Wildman–Crippen LogP) is 4.84. The van der Waals surface area contributed by atoms with Gasteiger partial charge in [0.15, 0.2) is 0 Å². The fourth-order valence-corrected chi connectivity index (χ4v) is 6.22. The number of fused-ring (bicyclic) bond motifs is 1. The van der Waals surface area contributed by atoms with Crippen molar-refractivity contribution in [3.05, 3.63) is 47.8 Å². The summed E-state index contributed by atoms with van der Waals surface area (Å²) in [5.41, 5.74) is 2.37. The van der Waals surface area contributed by atoms with Crippen LogP contribution in [0.4, 0.5) is 0 Å². The number of aromatic nitrogens is 2. The van der Waals surface area contributed by atoms with Gasteiger partial charge in [0.1, 0.15) is 12.4 Å². The van der Waals surface area contributed by atoms with Crippen LogP contribution >= 0.6 is 0 Å². The molecular weight excluding hydrogens is 424 g/mol. The Morgan fingerprint density at radius 2 is 1.82 bits per heavy atom. The summed E-state index contributed by atoms with van der Waals surface area (Å²) < 4.78 is 8.26. The molecule has 0 atom stereocenters. The lowest BCUT2D eigenvalue weighted by molar-refractivity contribution is -0.145. The lowest BCUT2D eigenvalue weighted by Gasteiger charge is -2.43. The van der Waals surface area contributed by atoms with Crippen LogP contribution in [0.3, 0.4) is 0 Å². The topological polar surface area (TPSA) is 50.6 Å². The van der Waals surface area contributed by atoms with Gasteiger partial charge in [0, 0.05) is 25.4 Å². The Balaban J connectivity index is 1.21. The van der Waals surface area contributed by atoms with Crippen molar-refractivity contribution in [2.45, 2.75) is 76.8 Å². The Hall–Kier alpha value is -2.34. The number of ether oxygens (including phenoxy) is 1. The highest BCUT2D eigenvalue weighted by molar-refractivity contribution is 5.82. The number of carbonyl (C=O) groups excluding carboxylic acids is 1. The molecule has 0 N–H and O–H groups in total. The van der Waals surface area contributed by atoms with Crippen molar-refractivity contribution in [1.82, 2.24) is 19.6 Å². The second-order valence-corrected chi connectivity index (χ2v) is 10.7. The molecular formula is C28H40N4O2. The molecule has 2 fully saturated rings. The maximum atomic E-state index is 13.6. The summed E-state index contributed by atoms with van der Waals surface area (Å²) in [6.45, 7) is 4.09. The maximum Gasteiger partial charge on any atom is 0.228 e. The monoisotopic (exact) mass is 464 g/mol. The van der Waals surface area contributed by atoms with Gasteiger partial charge in [-0.3, -0.25) is 14.4 Å². The minimum absolute atomic E-state index is 0.224. The molecule has 1 aromatic heterocycles. The Morgan fingerprint density at radius 1 is 1.03 bits per heavy atom. The van der Waals surface area contributed by atoms with E-state index >= 15 is 0 Å². The van der Waals surface area contributed by atoms with E-state index in [1.54, 1.807) is 0 Å². The summed E-state index contributed by atoms with van der Waals surface area (Å²) in [4.78, 5) is 18.1. The summed E-state index contributed by atoms with van der Waals surface area (Å²) >= 11 is 0. The number of carbonyl (C=O) groups is 1. The van der Waals surface area contributed by atoms with Gasteiger partial charge in [-0.05, 0) is 69.7 Å². The molecule has 5 rings (SSSR count). The number of aryl methyl sites for hydroxylation is 1. The molecule has 1 spiro atoms. The first-order valence-corrected chi connectivity index (χ1v) is 13.3. The zero-order valence-corrected chi connectivity index (χ0v) is 20.8. The molecule has 3 heterocycles. The van der Waals surface area contributed by atoms with Gasteiger partial charge in [0.05, 0.1) is 24.2 Å². The standard InChI is InChI=1S/C28H40N4O2/c1-30-18-19-34-26-12-5-2-8-24(26)9-6-7-13-28(27(30)33)14-16-31(17-15-28)21-23-20-29-32(22-23)25-10-3-4-11-25/h2,5,8,12,20,22,25H,3-4,6-7,9-11,13-19,21H2,1H3. The lowest BCUT2D eigenvalue weighted by Crippen LogP contribution is -2.50. The van der Waals surface area contributed by atoms with Crippen LogP contribution in [0.1, 0.15) is 75.0 Å². The first-order chi connectivity index (χ1) is 16.6. The molecule has 0 bridgehead atoms. The largest absolute Gasteiger partial charge is 0.491 e. The van der Waals surface area contributed by atoms with Gasteiger partial charge in [-0.25, -0.2) is 0 Å². The number of nitrogens with zero attached hydrogens (tertiary/aromatic N) is 4. The molecule has 1 amide bonds. The summed E-state index contributed by atoms with van der Waals surface area (Å²) in [5, 5.41) is 4.66. The number of amides is 1. The second kappa shape index (κ2) is 10.5. The zero-order chi connectivity index (χ0) is 23.4. The molecule has 184 valence electrons. The van der Waals surface area contributed by atoms with Crippen LogP contribution in [0.25, 0.3) is 0 Å². The van der Waals surface area contributed by atoms with Crippen LogP contribution < -0.4 is 4.74 Å². The first kappa shape index (κ1) is 23.4. The van der Waals surface area contributed by atoms with Crippen molar-refractivity contribution >= 4 is 5.91 Å². The van der Waals surface area contributed by atoms with E-state index in [1.165, 1.54) is 36.8 Å². The van der Waals surface area contributed by atoms with Gasteiger partial charge in [0.25, 0.3) is 0 Å². The van der Waals surface area contributed by atoms with Crippen LogP contribution in [0.5, 0.6) is 5.75 Å². The van der Waals surface area contributed by atoms with E-state index in [2.05, 4.69) is 45.3 Å². The number of hydrogen-bond acceptors (Lipinski definition) is 4. The number of benzene rings is 1. The molecule has 6 heteroatoms. The third-order valence-corrected chi connectivity index (χ3v) is 8.38. The Labute approximate surface area is 204 Å². The Morgan fingerprint density at radius 3 is 2.65 bits per heavy atom. The van der Waals surface area contributed by atoms with Gasteiger partial charge in [-0.2, -0.15) is 5.10 Å². The van der Waals surface area contributed by atoms with E-state index < -0.39 is 0 Å². The average Bonchev–Trinajstić information content (AvgIpc) is 3.55. The summed E-state index contributed by atoms with van der Waals surface area (Å²) in [5.74, 6) is 1.29. The molecule has 1 saturated heterocycles. The van der Waals surface area contributed by atoms with E-state index in [0.717, 1.165) is 63.9 Å². The molecule has 1 aliphatic carbocycles. The fraction of sp³-hybridized carbons (Fsp3) is 0.643.